The van der Waals surface area contributed by atoms with Crippen molar-refractivity contribution in [2.75, 3.05) is 6.54 Å². The summed E-state index contributed by atoms with van der Waals surface area (Å²) < 4.78 is 2.11. The molecular weight excluding hydrogens is 300 g/mol. The van der Waals surface area contributed by atoms with Gasteiger partial charge in [0, 0.05) is 13.1 Å². The van der Waals surface area contributed by atoms with Gasteiger partial charge in [-0.05, 0) is 32.4 Å². The van der Waals surface area contributed by atoms with Crippen molar-refractivity contribution in [2.24, 2.45) is 5.73 Å². The molecule has 0 aliphatic heterocycles. The molecule has 5 nitrogen and oxygen atoms in total. The molecule has 0 aliphatic rings. The zero-order valence-corrected chi connectivity index (χ0v) is 14.2. The van der Waals surface area contributed by atoms with Gasteiger partial charge in [0.25, 0.3) is 0 Å². The summed E-state index contributed by atoms with van der Waals surface area (Å²) in [6.07, 6.45) is 1.58. The lowest BCUT2D eigenvalue weighted by Crippen LogP contribution is -2.52. The third-order valence-electron chi connectivity index (χ3n) is 3.75. The van der Waals surface area contributed by atoms with Crippen molar-refractivity contribution in [3.63, 3.8) is 0 Å². The number of para-hydroxylation sites is 2. The molecule has 0 saturated heterocycles. The van der Waals surface area contributed by atoms with Gasteiger partial charge in [-0.25, -0.2) is 4.98 Å². The molecule has 2 aromatic rings. The minimum atomic E-state index is -0.791. The van der Waals surface area contributed by atoms with Crippen LogP contribution < -0.4 is 11.1 Å². The summed E-state index contributed by atoms with van der Waals surface area (Å²) in [6.45, 7) is 7.03. The van der Waals surface area contributed by atoms with Gasteiger partial charge < -0.3 is 15.6 Å². The Morgan fingerprint density at radius 1 is 1.41 bits per heavy atom. The van der Waals surface area contributed by atoms with Crippen LogP contribution in [0.2, 0.25) is 0 Å². The second-order valence-electron chi connectivity index (χ2n) is 5.72. The molecule has 1 aromatic heterocycles. The molecule has 122 valence electrons. The number of hydrogen-bond acceptors (Lipinski definition) is 3. The first-order valence-electron chi connectivity index (χ1n) is 7.45. The molecule has 0 radical (unpaired) electrons. The number of amides is 1. The van der Waals surface area contributed by atoms with E-state index in [1.807, 2.05) is 38.1 Å². The van der Waals surface area contributed by atoms with E-state index >= 15 is 0 Å². The van der Waals surface area contributed by atoms with Crippen molar-refractivity contribution < 1.29 is 4.79 Å². The van der Waals surface area contributed by atoms with Crippen molar-refractivity contribution in [2.45, 2.75) is 45.7 Å². The number of carbonyl (C=O) groups excluding carboxylic acids is 1. The van der Waals surface area contributed by atoms with E-state index in [1.54, 1.807) is 6.92 Å². The lowest BCUT2D eigenvalue weighted by atomic mass is 9.97. The van der Waals surface area contributed by atoms with Crippen LogP contribution >= 0.6 is 12.4 Å². The number of halogens is 1. The Morgan fingerprint density at radius 2 is 2.09 bits per heavy atom. The Balaban J connectivity index is 0.00000242. The van der Waals surface area contributed by atoms with E-state index in [0.717, 1.165) is 23.3 Å². The van der Waals surface area contributed by atoms with Gasteiger partial charge >= 0.3 is 0 Å². The minimum Gasteiger partial charge on any atom is -0.353 e. The topological polar surface area (TPSA) is 72.9 Å². The maximum Gasteiger partial charge on any atom is 0.239 e. The number of benzene rings is 1. The molecular formula is C16H25ClN4O. The van der Waals surface area contributed by atoms with E-state index in [4.69, 9.17) is 5.73 Å². The quantitative estimate of drug-likeness (QED) is 0.857. The van der Waals surface area contributed by atoms with Crippen molar-refractivity contribution in [1.29, 1.82) is 0 Å². The second-order valence-corrected chi connectivity index (χ2v) is 5.72. The Hall–Kier alpha value is -1.59. The highest BCUT2D eigenvalue weighted by atomic mass is 35.5. The number of fused-ring (bicyclic) bond motifs is 1. The molecule has 1 aromatic carbocycles. The molecule has 0 spiro atoms. The first kappa shape index (κ1) is 18.5. The van der Waals surface area contributed by atoms with E-state index in [2.05, 4.69) is 14.9 Å². The minimum absolute atomic E-state index is 0. The van der Waals surface area contributed by atoms with Gasteiger partial charge in [0.2, 0.25) is 5.91 Å². The summed E-state index contributed by atoms with van der Waals surface area (Å²) in [7, 11) is 0. The summed E-state index contributed by atoms with van der Waals surface area (Å²) in [5.74, 6) is 0.862. The summed E-state index contributed by atoms with van der Waals surface area (Å²) in [6, 6.07) is 8.01. The number of nitrogens with one attached hydrogen (secondary N) is 1. The van der Waals surface area contributed by atoms with Gasteiger partial charge in [-0.3, -0.25) is 4.79 Å². The van der Waals surface area contributed by atoms with Crippen LogP contribution in [0.4, 0.5) is 0 Å². The van der Waals surface area contributed by atoms with Gasteiger partial charge in [-0.2, -0.15) is 0 Å². The maximum absolute atomic E-state index is 12.1. The Kier molecular flexibility index (Phi) is 6.38. The highest BCUT2D eigenvalue weighted by Crippen LogP contribution is 2.15. The number of nitrogens with zero attached hydrogens (tertiary/aromatic N) is 2. The number of hydrogen-bond donors (Lipinski definition) is 2. The summed E-state index contributed by atoms with van der Waals surface area (Å²) >= 11 is 0. The summed E-state index contributed by atoms with van der Waals surface area (Å²) in [4.78, 5) is 16.6. The molecule has 22 heavy (non-hydrogen) atoms. The zero-order chi connectivity index (χ0) is 15.5. The summed E-state index contributed by atoms with van der Waals surface area (Å²) in [5.41, 5.74) is 7.30. The van der Waals surface area contributed by atoms with E-state index in [1.165, 1.54) is 0 Å². The first-order valence-corrected chi connectivity index (χ1v) is 7.45. The van der Waals surface area contributed by atoms with Crippen molar-refractivity contribution in [3.8, 4) is 0 Å². The number of imidazole rings is 1. The molecule has 0 saturated carbocycles. The van der Waals surface area contributed by atoms with Crippen LogP contribution in [0.5, 0.6) is 0 Å². The first-order chi connectivity index (χ1) is 9.95. The Morgan fingerprint density at radius 3 is 2.77 bits per heavy atom. The molecule has 6 heteroatoms. The van der Waals surface area contributed by atoms with E-state index in [9.17, 15) is 4.79 Å². The van der Waals surface area contributed by atoms with E-state index in [-0.39, 0.29) is 18.3 Å². The van der Waals surface area contributed by atoms with Crippen LogP contribution in [0.15, 0.2) is 24.3 Å². The molecule has 0 fully saturated rings. The molecule has 1 atom stereocenters. The van der Waals surface area contributed by atoms with Gasteiger partial charge in [0.1, 0.15) is 5.82 Å². The zero-order valence-electron chi connectivity index (χ0n) is 13.4. The Labute approximate surface area is 137 Å². The van der Waals surface area contributed by atoms with E-state index in [0.29, 0.717) is 19.5 Å². The average molecular weight is 325 g/mol. The molecule has 0 aliphatic carbocycles. The highest BCUT2D eigenvalue weighted by molar-refractivity contribution is 5.85. The van der Waals surface area contributed by atoms with Crippen LogP contribution in [-0.4, -0.2) is 27.5 Å². The molecule has 0 bridgehead atoms. The van der Waals surface area contributed by atoms with E-state index < -0.39 is 5.54 Å². The molecule has 2 rings (SSSR count). The van der Waals surface area contributed by atoms with Crippen LogP contribution in [0, 0.1) is 6.92 Å². The third kappa shape index (κ3) is 3.99. The normalized spacial score (nSPS) is 13.5. The van der Waals surface area contributed by atoms with Gasteiger partial charge in [0.05, 0.1) is 16.6 Å². The van der Waals surface area contributed by atoms with Crippen LogP contribution in [-0.2, 0) is 11.3 Å². The lowest BCUT2D eigenvalue weighted by molar-refractivity contribution is -0.126. The lowest BCUT2D eigenvalue weighted by Gasteiger charge is -2.23. The largest absolute Gasteiger partial charge is 0.353 e. The van der Waals surface area contributed by atoms with Crippen molar-refractivity contribution in [1.82, 2.24) is 14.9 Å². The SMILES string of the molecule is CCCC(C)(N)C(=O)NCCn1c(C)nc2ccccc21.Cl. The van der Waals surface area contributed by atoms with Crippen LogP contribution in [0.3, 0.4) is 0 Å². The van der Waals surface area contributed by atoms with Gasteiger partial charge in [0.15, 0.2) is 0 Å². The number of rotatable bonds is 6. The van der Waals surface area contributed by atoms with Crippen LogP contribution in [0.1, 0.15) is 32.5 Å². The van der Waals surface area contributed by atoms with Crippen molar-refractivity contribution >= 4 is 29.3 Å². The predicted octanol–water partition coefficient (Wildman–Crippen LogP) is 2.40. The standard InChI is InChI=1S/C16H24N4O.ClH/c1-4-9-16(3,17)15(21)18-10-11-20-12(2)19-13-7-5-6-8-14(13)20;/h5-8H,4,9-11,17H2,1-3H3,(H,18,21);1H. The smallest absolute Gasteiger partial charge is 0.239 e. The Bertz CT molecular complexity index is 636. The second kappa shape index (κ2) is 7.61. The third-order valence-corrected chi connectivity index (χ3v) is 3.75. The summed E-state index contributed by atoms with van der Waals surface area (Å²) in [5, 5.41) is 2.93. The highest BCUT2D eigenvalue weighted by Gasteiger charge is 2.26. The number of aromatic nitrogens is 2. The predicted molar refractivity (Wildman–Crippen MR) is 92.2 cm³/mol. The molecule has 1 amide bonds. The van der Waals surface area contributed by atoms with Gasteiger partial charge in [-0.1, -0.05) is 25.5 Å². The van der Waals surface area contributed by atoms with Crippen molar-refractivity contribution in [3.05, 3.63) is 30.1 Å². The number of carbonyl (C=O) groups is 1. The van der Waals surface area contributed by atoms with Crippen LogP contribution in [0.25, 0.3) is 11.0 Å². The average Bonchev–Trinajstić information content (AvgIpc) is 2.75. The molecule has 1 heterocycles. The fourth-order valence-electron chi connectivity index (χ4n) is 2.59. The fourth-order valence-corrected chi connectivity index (χ4v) is 2.59. The van der Waals surface area contributed by atoms with Gasteiger partial charge in [-0.15, -0.1) is 12.4 Å². The molecule has 1 unspecified atom stereocenters. The number of nitrogens with two attached hydrogens (primary N) is 1. The monoisotopic (exact) mass is 324 g/mol. The number of aryl methyl sites for hydroxylation is 1. The fraction of sp³-hybridized carbons (Fsp3) is 0.500. The maximum atomic E-state index is 12.1. The molecule has 3 N–H and O–H groups in total.